The van der Waals surface area contributed by atoms with Gasteiger partial charge in [0.15, 0.2) is 0 Å². The summed E-state index contributed by atoms with van der Waals surface area (Å²) in [5.74, 6) is 0.560. The van der Waals surface area contributed by atoms with Gasteiger partial charge in [0.2, 0.25) is 5.91 Å². The zero-order valence-corrected chi connectivity index (χ0v) is 13.7. The molecular weight excluding hydrogens is 290 g/mol. The molecule has 0 radical (unpaired) electrons. The van der Waals surface area contributed by atoms with Crippen molar-refractivity contribution < 1.29 is 9.59 Å². The standard InChI is InChI=1S/C18H25N3O2/c1-13(19)15-6-3-9-20(12-15)18(23)14-5-2-7-16(11-14)21-10-4-8-17(21)22/h2,5,7,11,13,15H,3-4,6,8-10,12,19H2,1H3. The number of rotatable bonds is 3. The number of carbonyl (C=O) groups is 2. The van der Waals surface area contributed by atoms with E-state index in [1.165, 1.54) is 0 Å². The predicted molar refractivity (Wildman–Crippen MR) is 90.3 cm³/mol. The van der Waals surface area contributed by atoms with Crippen molar-refractivity contribution >= 4 is 17.5 Å². The Morgan fingerprint density at radius 2 is 2.13 bits per heavy atom. The van der Waals surface area contributed by atoms with Gasteiger partial charge in [0, 0.05) is 43.3 Å². The highest BCUT2D eigenvalue weighted by atomic mass is 16.2. The van der Waals surface area contributed by atoms with Crippen LogP contribution in [0.15, 0.2) is 24.3 Å². The molecule has 0 bridgehead atoms. The van der Waals surface area contributed by atoms with Gasteiger partial charge in [-0.1, -0.05) is 6.07 Å². The van der Waals surface area contributed by atoms with Gasteiger partial charge in [-0.05, 0) is 50.3 Å². The van der Waals surface area contributed by atoms with Crippen LogP contribution in [0.25, 0.3) is 0 Å². The number of nitrogens with zero attached hydrogens (tertiary/aromatic N) is 2. The summed E-state index contributed by atoms with van der Waals surface area (Å²) in [6.07, 6.45) is 3.57. The SMILES string of the molecule is CC(N)C1CCCN(C(=O)c2cccc(N3CCCC3=O)c2)C1. The first-order chi connectivity index (χ1) is 11.1. The van der Waals surface area contributed by atoms with Crippen molar-refractivity contribution in [1.29, 1.82) is 0 Å². The van der Waals surface area contributed by atoms with Gasteiger partial charge in [-0.2, -0.15) is 0 Å². The number of hydrogen-bond acceptors (Lipinski definition) is 3. The molecular formula is C18H25N3O2. The Balaban J connectivity index is 1.76. The van der Waals surface area contributed by atoms with Gasteiger partial charge in [0.05, 0.1) is 0 Å². The minimum absolute atomic E-state index is 0.0452. The Labute approximate surface area is 137 Å². The molecule has 23 heavy (non-hydrogen) atoms. The van der Waals surface area contributed by atoms with Crippen LogP contribution in [0, 0.1) is 5.92 Å². The number of piperidine rings is 1. The minimum atomic E-state index is 0.0452. The van der Waals surface area contributed by atoms with Gasteiger partial charge in [-0.3, -0.25) is 9.59 Å². The van der Waals surface area contributed by atoms with Crippen molar-refractivity contribution in [3.05, 3.63) is 29.8 Å². The molecule has 2 aliphatic heterocycles. The molecule has 5 nitrogen and oxygen atoms in total. The fourth-order valence-electron chi connectivity index (χ4n) is 3.53. The number of anilines is 1. The van der Waals surface area contributed by atoms with E-state index < -0.39 is 0 Å². The Hall–Kier alpha value is -1.88. The maximum absolute atomic E-state index is 12.8. The highest BCUT2D eigenvalue weighted by Gasteiger charge is 2.27. The first kappa shape index (κ1) is 16.0. The number of amides is 2. The molecule has 2 aliphatic rings. The molecule has 0 aliphatic carbocycles. The second kappa shape index (κ2) is 6.71. The summed E-state index contributed by atoms with van der Waals surface area (Å²) in [6, 6.07) is 7.56. The highest BCUT2D eigenvalue weighted by Crippen LogP contribution is 2.25. The molecule has 0 aromatic heterocycles. The number of likely N-dealkylation sites (tertiary alicyclic amines) is 1. The molecule has 2 saturated heterocycles. The fourth-order valence-corrected chi connectivity index (χ4v) is 3.53. The molecule has 2 unspecified atom stereocenters. The lowest BCUT2D eigenvalue weighted by molar-refractivity contribution is -0.117. The Morgan fingerprint density at radius 3 is 2.83 bits per heavy atom. The Kier molecular flexibility index (Phi) is 4.66. The van der Waals surface area contributed by atoms with Crippen molar-refractivity contribution in [2.24, 2.45) is 11.7 Å². The summed E-state index contributed by atoms with van der Waals surface area (Å²) < 4.78 is 0. The Bertz CT molecular complexity index is 600. The maximum Gasteiger partial charge on any atom is 0.253 e. The van der Waals surface area contributed by atoms with Gasteiger partial charge in [0.1, 0.15) is 0 Å². The summed E-state index contributed by atoms with van der Waals surface area (Å²) >= 11 is 0. The zero-order chi connectivity index (χ0) is 16.4. The van der Waals surface area contributed by atoms with Crippen LogP contribution >= 0.6 is 0 Å². The van der Waals surface area contributed by atoms with E-state index >= 15 is 0 Å². The van der Waals surface area contributed by atoms with Crippen LogP contribution in [-0.2, 0) is 4.79 Å². The molecule has 2 heterocycles. The summed E-state index contributed by atoms with van der Waals surface area (Å²) in [4.78, 5) is 28.4. The molecule has 2 amide bonds. The normalized spacial score (nSPS) is 23.2. The van der Waals surface area contributed by atoms with Crippen LogP contribution < -0.4 is 10.6 Å². The van der Waals surface area contributed by atoms with Crippen LogP contribution in [0.3, 0.4) is 0 Å². The summed E-state index contributed by atoms with van der Waals surface area (Å²) in [6.45, 7) is 4.27. The van der Waals surface area contributed by atoms with E-state index in [2.05, 4.69) is 0 Å². The third-order valence-corrected chi connectivity index (χ3v) is 4.97. The highest BCUT2D eigenvalue weighted by molar-refractivity contribution is 5.99. The van der Waals surface area contributed by atoms with Crippen molar-refractivity contribution in [2.75, 3.05) is 24.5 Å². The zero-order valence-electron chi connectivity index (χ0n) is 13.7. The third-order valence-electron chi connectivity index (χ3n) is 4.97. The second-order valence-electron chi connectivity index (χ2n) is 6.71. The van der Waals surface area contributed by atoms with E-state index in [0.29, 0.717) is 17.9 Å². The number of benzene rings is 1. The quantitative estimate of drug-likeness (QED) is 0.928. The van der Waals surface area contributed by atoms with E-state index in [1.54, 1.807) is 4.90 Å². The lowest BCUT2D eigenvalue weighted by atomic mass is 9.92. The van der Waals surface area contributed by atoms with Gasteiger partial charge in [-0.25, -0.2) is 0 Å². The first-order valence-corrected chi connectivity index (χ1v) is 8.51. The molecule has 2 fully saturated rings. The lowest BCUT2D eigenvalue weighted by Gasteiger charge is -2.34. The van der Waals surface area contributed by atoms with E-state index in [1.807, 2.05) is 36.1 Å². The second-order valence-corrected chi connectivity index (χ2v) is 6.71. The monoisotopic (exact) mass is 315 g/mol. The van der Waals surface area contributed by atoms with Crippen molar-refractivity contribution in [1.82, 2.24) is 4.90 Å². The smallest absolute Gasteiger partial charge is 0.253 e. The summed E-state index contributed by atoms with van der Waals surface area (Å²) in [5.41, 5.74) is 7.50. The summed E-state index contributed by atoms with van der Waals surface area (Å²) in [5, 5.41) is 0. The molecule has 0 saturated carbocycles. The van der Waals surface area contributed by atoms with Crippen molar-refractivity contribution in [3.8, 4) is 0 Å². The molecule has 124 valence electrons. The average molecular weight is 315 g/mol. The van der Waals surface area contributed by atoms with Gasteiger partial charge < -0.3 is 15.5 Å². The van der Waals surface area contributed by atoms with Gasteiger partial charge in [0.25, 0.3) is 5.91 Å². The molecule has 5 heteroatoms. The maximum atomic E-state index is 12.8. The molecule has 1 aromatic carbocycles. The molecule has 3 rings (SSSR count). The number of carbonyl (C=O) groups excluding carboxylic acids is 2. The van der Waals surface area contributed by atoms with E-state index in [4.69, 9.17) is 5.73 Å². The van der Waals surface area contributed by atoms with E-state index in [0.717, 1.165) is 44.6 Å². The largest absolute Gasteiger partial charge is 0.338 e. The lowest BCUT2D eigenvalue weighted by Crippen LogP contribution is -2.45. The van der Waals surface area contributed by atoms with Crippen LogP contribution in [-0.4, -0.2) is 42.4 Å². The van der Waals surface area contributed by atoms with Crippen LogP contribution in [0.4, 0.5) is 5.69 Å². The average Bonchev–Trinajstić information content (AvgIpc) is 3.00. The molecule has 1 aromatic rings. The van der Waals surface area contributed by atoms with Crippen molar-refractivity contribution in [3.63, 3.8) is 0 Å². The predicted octanol–water partition coefficient (Wildman–Crippen LogP) is 2.01. The molecule has 2 N–H and O–H groups in total. The topological polar surface area (TPSA) is 66.6 Å². The van der Waals surface area contributed by atoms with Crippen molar-refractivity contribution in [2.45, 2.75) is 38.6 Å². The van der Waals surface area contributed by atoms with Crippen LogP contribution in [0.1, 0.15) is 43.0 Å². The minimum Gasteiger partial charge on any atom is -0.338 e. The first-order valence-electron chi connectivity index (χ1n) is 8.51. The van der Waals surface area contributed by atoms with E-state index in [-0.39, 0.29) is 17.9 Å². The van der Waals surface area contributed by atoms with Crippen LogP contribution in [0.2, 0.25) is 0 Å². The fraction of sp³-hybridized carbons (Fsp3) is 0.556. The summed E-state index contributed by atoms with van der Waals surface area (Å²) in [7, 11) is 0. The Morgan fingerprint density at radius 1 is 1.30 bits per heavy atom. The number of nitrogens with two attached hydrogens (primary N) is 1. The third kappa shape index (κ3) is 3.39. The molecule has 2 atom stereocenters. The van der Waals surface area contributed by atoms with Gasteiger partial charge in [-0.15, -0.1) is 0 Å². The molecule has 0 spiro atoms. The van der Waals surface area contributed by atoms with E-state index in [9.17, 15) is 9.59 Å². The van der Waals surface area contributed by atoms with Gasteiger partial charge >= 0.3 is 0 Å². The number of hydrogen-bond donors (Lipinski definition) is 1. The van der Waals surface area contributed by atoms with Crippen LogP contribution in [0.5, 0.6) is 0 Å².